The number of methoxy groups -OCH3 is 1. The van der Waals surface area contributed by atoms with Gasteiger partial charge in [-0.2, -0.15) is 0 Å². The molecule has 0 saturated carbocycles. The van der Waals surface area contributed by atoms with Gasteiger partial charge in [-0.15, -0.1) is 0 Å². The lowest BCUT2D eigenvalue weighted by Crippen LogP contribution is -2.28. The Bertz CT molecular complexity index is 277. The van der Waals surface area contributed by atoms with Crippen LogP contribution >= 0.6 is 0 Å². The smallest absolute Gasteiger partial charge is 0.304 e. The maximum absolute atomic E-state index is 5.79. The highest BCUT2D eigenvalue weighted by Gasteiger charge is 2.20. The molecule has 0 unspecified atom stereocenters. The van der Waals surface area contributed by atoms with Crippen LogP contribution in [0, 0.1) is 0 Å². The molecule has 0 N–H and O–H groups in total. The minimum absolute atomic E-state index is 0.488. The Hall–Kier alpha value is -0.466. The molecule has 0 aromatic carbocycles. The lowest BCUT2D eigenvalue weighted by molar-refractivity contribution is 0.0879. The molecule has 0 rings (SSSR count). The monoisotopic (exact) mass is 292 g/mol. The van der Waals surface area contributed by atoms with Crippen molar-refractivity contribution >= 4 is 16.6 Å². The third-order valence-corrected chi connectivity index (χ3v) is 3.68. The van der Waals surface area contributed by atoms with E-state index in [1.54, 1.807) is 7.11 Å². The molecule has 0 aromatic rings. The minimum atomic E-state index is -1.67. The van der Waals surface area contributed by atoms with Crippen molar-refractivity contribution in [1.82, 2.24) is 0 Å². The van der Waals surface area contributed by atoms with Crippen molar-refractivity contribution in [2.45, 2.75) is 46.2 Å². The first-order chi connectivity index (χ1) is 8.05. The molecule has 0 radical (unpaired) electrons. The van der Waals surface area contributed by atoms with Gasteiger partial charge in [-0.3, -0.25) is 0 Å². The van der Waals surface area contributed by atoms with Gasteiger partial charge in [0.25, 0.3) is 0 Å². The third-order valence-electron chi connectivity index (χ3n) is 1.81. The van der Waals surface area contributed by atoms with E-state index in [9.17, 15) is 0 Å². The summed E-state index contributed by atoms with van der Waals surface area (Å²) >= 11 is 0. The van der Waals surface area contributed by atoms with Gasteiger partial charge in [0.05, 0.1) is 13.7 Å². The summed E-state index contributed by atoms with van der Waals surface area (Å²) < 4.78 is 22.3. The van der Waals surface area contributed by atoms with Crippen molar-refractivity contribution in [1.29, 1.82) is 0 Å². The van der Waals surface area contributed by atoms with E-state index in [1.807, 2.05) is 6.92 Å². The van der Waals surface area contributed by atoms with Crippen LogP contribution in [0.25, 0.3) is 0 Å². The first-order valence-corrected chi connectivity index (χ1v) is 13.1. The summed E-state index contributed by atoms with van der Waals surface area (Å²) in [6.45, 7) is 15.8. The quantitative estimate of drug-likeness (QED) is 0.389. The van der Waals surface area contributed by atoms with Crippen LogP contribution in [0.5, 0.6) is 0 Å². The van der Waals surface area contributed by atoms with Crippen molar-refractivity contribution in [3.05, 3.63) is 11.7 Å². The summed E-state index contributed by atoms with van der Waals surface area (Å²) in [5.41, 5.74) is 0. The van der Waals surface area contributed by atoms with E-state index >= 15 is 0 Å². The summed E-state index contributed by atoms with van der Waals surface area (Å²) in [6, 6.07) is 0. The second-order valence-electron chi connectivity index (χ2n) is 6.07. The Morgan fingerprint density at radius 2 is 1.44 bits per heavy atom. The molecule has 0 aliphatic carbocycles. The average Bonchev–Trinajstić information content (AvgIpc) is 2.18. The van der Waals surface area contributed by atoms with Crippen LogP contribution in [0.15, 0.2) is 11.7 Å². The van der Waals surface area contributed by atoms with Gasteiger partial charge >= 0.3 is 5.95 Å². The van der Waals surface area contributed by atoms with Crippen LogP contribution < -0.4 is 0 Å². The summed E-state index contributed by atoms with van der Waals surface area (Å²) in [5, 5.41) is 0. The molecule has 18 heavy (non-hydrogen) atoms. The van der Waals surface area contributed by atoms with E-state index in [1.165, 1.54) is 0 Å². The molecule has 0 fully saturated rings. The van der Waals surface area contributed by atoms with E-state index in [-0.39, 0.29) is 0 Å². The maximum Gasteiger partial charge on any atom is 0.304 e. The van der Waals surface area contributed by atoms with E-state index in [0.29, 0.717) is 24.9 Å². The molecule has 4 nitrogen and oxygen atoms in total. The SMILES string of the molecule is COC(O[Si](C)(C)C)=C(C)OCCO[Si](C)(C)C. The van der Waals surface area contributed by atoms with Gasteiger partial charge in [0.1, 0.15) is 6.61 Å². The van der Waals surface area contributed by atoms with Gasteiger partial charge in [-0.05, 0) is 39.3 Å². The van der Waals surface area contributed by atoms with Crippen LogP contribution in [-0.4, -0.2) is 37.0 Å². The Morgan fingerprint density at radius 3 is 1.83 bits per heavy atom. The molecule has 0 atom stereocenters. The second-order valence-corrected chi connectivity index (χ2v) is 15.0. The number of rotatable bonds is 8. The first-order valence-electron chi connectivity index (χ1n) is 6.26. The Balaban J connectivity index is 4.21. The second kappa shape index (κ2) is 7.20. The maximum atomic E-state index is 5.79. The Kier molecular flexibility index (Phi) is 7.02. The van der Waals surface area contributed by atoms with E-state index in [0.717, 1.165) is 0 Å². The van der Waals surface area contributed by atoms with Crippen LogP contribution in [0.4, 0.5) is 0 Å². The number of allylic oxidation sites excluding steroid dienone is 1. The number of ether oxygens (including phenoxy) is 2. The lowest BCUT2D eigenvalue weighted by atomic mass is 10.6. The van der Waals surface area contributed by atoms with Crippen LogP contribution in [0.1, 0.15) is 6.92 Å². The summed E-state index contributed by atoms with van der Waals surface area (Å²) in [7, 11) is -1.53. The van der Waals surface area contributed by atoms with E-state index < -0.39 is 16.6 Å². The highest BCUT2D eigenvalue weighted by Crippen LogP contribution is 2.15. The molecule has 0 aliphatic rings. The molecule has 0 heterocycles. The first kappa shape index (κ1) is 17.5. The zero-order chi connectivity index (χ0) is 14.4. The van der Waals surface area contributed by atoms with Crippen LogP contribution in [0.2, 0.25) is 39.3 Å². The van der Waals surface area contributed by atoms with Crippen molar-refractivity contribution in [3.63, 3.8) is 0 Å². The van der Waals surface area contributed by atoms with E-state index in [4.69, 9.17) is 18.3 Å². The molecule has 0 saturated heterocycles. The fraction of sp³-hybridized carbons (Fsp3) is 0.833. The Morgan fingerprint density at radius 1 is 0.889 bits per heavy atom. The normalized spacial score (nSPS) is 14.0. The van der Waals surface area contributed by atoms with Gasteiger partial charge in [0.15, 0.2) is 14.1 Å². The highest BCUT2D eigenvalue weighted by atomic mass is 28.4. The molecule has 0 aromatic heterocycles. The number of hydrogen-bond donors (Lipinski definition) is 0. The summed E-state index contributed by atoms with van der Waals surface area (Å²) in [6.07, 6.45) is 0. The summed E-state index contributed by atoms with van der Waals surface area (Å²) in [4.78, 5) is 0. The van der Waals surface area contributed by atoms with Gasteiger partial charge in [-0.25, -0.2) is 0 Å². The fourth-order valence-electron chi connectivity index (χ4n) is 1.14. The molecule has 0 aliphatic heterocycles. The third kappa shape index (κ3) is 9.55. The summed E-state index contributed by atoms with van der Waals surface area (Å²) in [5.74, 6) is 1.17. The van der Waals surface area contributed by atoms with Crippen molar-refractivity contribution in [2.24, 2.45) is 0 Å². The molecule has 0 amide bonds. The molecular formula is C12H28O4Si2. The molecule has 0 bridgehead atoms. The zero-order valence-corrected chi connectivity index (χ0v) is 15.0. The van der Waals surface area contributed by atoms with Crippen molar-refractivity contribution in [2.75, 3.05) is 20.3 Å². The average molecular weight is 293 g/mol. The lowest BCUT2D eigenvalue weighted by Gasteiger charge is -2.22. The topological polar surface area (TPSA) is 36.9 Å². The fourth-order valence-corrected chi connectivity index (χ4v) is 2.62. The predicted molar refractivity (Wildman–Crippen MR) is 79.4 cm³/mol. The number of hydrogen-bond acceptors (Lipinski definition) is 4. The largest absolute Gasteiger partial charge is 0.517 e. The van der Waals surface area contributed by atoms with Crippen molar-refractivity contribution < 1.29 is 18.3 Å². The molecule has 6 heteroatoms. The van der Waals surface area contributed by atoms with Crippen molar-refractivity contribution in [3.8, 4) is 0 Å². The predicted octanol–water partition coefficient (Wildman–Crippen LogP) is 3.54. The molecule has 108 valence electrons. The van der Waals surface area contributed by atoms with E-state index in [2.05, 4.69) is 39.3 Å². The van der Waals surface area contributed by atoms with Crippen LogP contribution in [0.3, 0.4) is 0 Å². The minimum Gasteiger partial charge on any atom is -0.517 e. The van der Waals surface area contributed by atoms with Gasteiger partial charge in [0.2, 0.25) is 8.32 Å². The molecule has 0 spiro atoms. The van der Waals surface area contributed by atoms with Gasteiger partial charge < -0.3 is 18.3 Å². The molecular weight excluding hydrogens is 264 g/mol. The van der Waals surface area contributed by atoms with Gasteiger partial charge in [0, 0.05) is 6.92 Å². The zero-order valence-electron chi connectivity index (χ0n) is 13.0. The van der Waals surface area contributed by atoms with Gasteiger partial charge in [-0.1, -0.05) is 0 Å². The highest BCUT2D eigenvalue weighted by molar-refractivity contribution is 6.70. The van der Waals surface area contributed by atoms with Crippen LogP contribution in [-0.2, 0) is 18.3 Å². The standard InChI is InChI=1S/C12H28O4Si2/c1-11(12(13-2)16-18(6,7)8)14-9-10-15-17(3,4)5/h9-10H2,1-8H3. The Labute approximate surface area is 114 Å².